The Kier molecular flexibility index (Phi) is 7.35. The maximum absolute atomic E-state index is 13.1. The number of likely N-dealkylation sites (tertiary alicyclic amines) is 2. The van der Waals surface area contributed by atoms with Gasteiger partial charge < -0.3 is 9.80 Å². The maximum atomic E-state index is 13.1. The highest BCUT2D eigenvalue weighted by molar-refractivity contribution is 7.88. The van der Waals surface area contributed by atoms with Gasteiger partial charge in [0.1, 0.15) is 0 Å². The fourth-order valence-corrected chi connectivity index (χ4v) is 5.90. The third-order valence-electron chi connectivity index (χ3n) is 6.04. The highest BCUT2D eigenvalue weighted by Crippen LogP contribution is 2.22. The summed E-state index contributed by atoms with van der Waals surface area (Å²) in [5.74, 6) is 0.00650. The Morgan fingerprint density at radius 3 is 2.34 bits per heavy atom. The molecule has 0 saturated carbocycles. The van der Waals surface area contributed by atoms with Gasteiger partial charge in [-0.1, -0.05) is 17.2 Å². The van der Waals surface area contributed by atoms with Crippen molar-refractivity contribution in [3.63, 3.8) is 0 Å². The maximum Gasteiger partial charge on any atom is 0.253 e. The lowest BCUT2D eigenvalue weighted by atomic mass is 10.0. The van der Waals surface area contributed by atoms with Crippen molar-refractivity contribution in [2.45, 2.75) is 52.0 Å². The van der Waals surface area contributed by atoms with E-state index in [-0.39, 0.29) is 11.9 Å². The molecule has 6 nitrogen and oxygen atoms in total. The van der Waals surface area contributed by atoms with E-state index in [1.54, 1.807) is 4.31 Å². The molecule has 1 atom stereocenters. The largest absolute Gasteiger partial charge is 0.337 e. The number of carbonyl (C=O) groups is 1. The average molecular weight is 422 g/mol. The molecule has 1 aromatic carbocycles. The topological polar surface area (TPSA) is 60.9 Å². The van der Waals surface area contributed by atoms with Gasteiger partial charge in [-0.3, -0.25) is 4.79 Å². The summed E-state index contributed by atoms with van der Waals surface area (Å²) in [6.45, 7) is 8.88. The van der Waals surface area contributed by atoms with Crippen LogP contribution in [0.5, 0.6) is 0 Å². The van der Waals surface area contributed by atoms with Gasteiger partial charge in [-0.2, -0.15) is 4.31 Å². The van der Waals surface area contributed by atoms with Gasteiger partial charge in [0, 0.05) is 31.2 Å². The molecular weight excluding hydrogens is 386 g/mol. The molecule has 1 amide bonds. The van der Waals surface area contributed by atoms with Crippen LogP contribution in [-0.2, 0) is 10.0 Å². The second kappa shape index (κ2) is 9.58. The summed E-state index contributed by atoms with van der Waals surface area (Å²) in [7, 11) is -3.31. The molecule has 0 aromatic heterocycles. The normalized spacial score (nSPS) is 21.1. The van der Waals surface area contributed by atoms with Gasteiger partial charge in [0.05, 0.1) is 6.26 Å². The Hall–Kier alpha value is -1.44. The van der Waals surface area contributed by atoms with Crippen LogP contribution in [0.2, 0.25) is 0 Å². The third kappa shape index (κ3) is 6.03. The van der Waals surface area contributed by atoms with Crippen molar-refractivity contribution in [1.82, 2.24) is 14.1 Å². The minimum Gasteiger partial charge on any atom is -0.337 e. The van der Waals surface area contributed by atoms with Crippen LogP contribution >= 0.6 is 0 Å². The second-order valence-corrected chi connectivity index (χ2v) is 10.6. The Labute approximate surface area is 175 Å². The zero-order chi connectivity index (χ0) is 21.0. The second-order valence-electron chi connectivity index (χ2n) is 8.70. The monoisotopic (exact) mass is 421 g/mol. The van der Waals surface area contributed by atoms with Gasteiger partial charge in [0.15, 0.2) is 0 Å². The van der Waals surface area contributed by atoms with Gasteiger partial charge in [-0.25, -0.2) is 8.42 Å². The number of aryl methyl sites for hydroxylation is 2. The fourth-order valence-electron chi connectivity index (χ4n) is 4.73. The van der Waals surface area contributed by atoms with E-state index in [1.807, 2.05) is 30.9 Å². The van der Waals surface area contributed by atoms with Crippen molar-refractivity contribution in [3.8, 4) is 0 Å². The summed E-state index contributed by atoms with van der Waals surface area (Å²) in [4.78, 5) is 17.3. The van der Waals surface area contributed by atoms with Crippen LogP contribution in [0.4, 0.5) is 0 Å². The molecule has 0 radical (unpaired) electrons. The predicted molar refractivity (Wildman–Crippen MR) is 117 cm³/mol. The Morgan fingerprint density at radius 2 is 1.72 bits per heavy atom. The molecule has 0 bridgehead atoms. The molecule has 29 heavy (non-hydrogen) atoms. The van der Waals surface area contributed by atoms with Gasteiger partial charge >= 0.3 is 0 Å². The summed E-state index contributed by atoms with van der Waals surface area (Å²) in [5, 5.41) is 0. The summed E-state index contributed by atoms with van der Waals surface area (Å²) in [5.41, 5.74) is 2.84. The van der Waals surface area contributed by atoms with Crippen LogP contribution in [0, 0.1) is 13.8 Å². The molecule has 0 N–H and O–H groups in total. The number of sulfonamides is 1. The summed E-state index contributed by atoms with van der Waals surface area (Å²) < 4.78 is 26.6. The highest BCUT2D eigenvalue weighted by Gasteiger charge is 2.32. The molecule has 0 spiro atoms. The number of benzene rings is 1. The van der Waals surface area contributed by atoms with E-state index in [2.05, 4.69) is 11.0 Å². The van der Waals surface area contributed by atoms with Crippen molar-refractivity contribution in [2.24, 2.45) is 0 Å². The van der Waals surface area contributed by atoms with E-state index in [0.29, 0.717) is 25.2 Å². The average Bonchev–Trinajstić information content (AvgIpc) is 3.16. The summed E-state index contributed by atoms with van der Waals surface area (Å²) >= 11 is 0. The number of piperidine rings is 1. The molecule has 2 saturated heterocycles. The summed E-state index contributed by atoms with van der Waals surface area (Å²) in [6, 6.07) is 5.76. The molecule has 1 unspecified atom stereocenters. The predicted octanol–water partition coefficient (Wildman–Crippen LogP) is 2.66. The van der Waals surface area contributed by atoms with E-state index in [4.69, 9.17) is 0 Å². The fraction of sp³-hybridized carbons (Fsp3) is 0.682. The molecule has 0 aliphatic carbocycles. The Balaban J connectivity index is 1.66. The van der Waals surface area contributed by atoms with Crippen LogP contribution in [0.1, 0.15) is 53.6 Å². The number of rotatable bonds is 7. The van der Waals surface area contributed by atoms with Crippen molar-refractivity contribution in [1.29, 1.82) is 0 Å². The molecule has 2 aliphatic rings. The molecule has 162 valence electrons. The number of hydrogen-bond donors (Lipinski definition) is 0. The van der Waals surface area contributed by atoms with Crippen molar-refractivity contribution < 1.29 is 13.2 Å². The Bertz CT molecular complexity index is 798. The zero-order valence-corrected chi connectivity index (χ0v) is 18.9. The van der Waals surface area contributed by atoms with Gasteiger partial charge in [0.25, 0.3) is 5.91 Å². The van der Waals surface area contributed by atoms with E-state index in [9.17, 15) is 13.2 Å². The third-order valence-corrected chi connectivity index (χ3v) is 7.37. The van der Waals surface area contributed by atoms with E-state index in [0.717, 1.165) is 50.0 Å². The first-order chi connectivity index (χ1) is 13.7. The molecule has 7 heteroatoms. The van der Waals surface area contributed by atoms with Crippen LogP contribution in [0.15, 0.2) is 18.2 Å². The van der Waals surface area contributed by atoms with Crippen LogP contribution in [-0.4, -0.2) is 80.0 Å². The number of carbonyl (C=O) groups excluding carboxylic acids is 1. The minimum absolute atomic E-state index is 0.00650. The lowest BCUT2D eigenvalue weighted by Crippen LogP contribution is -2.52. The van der Waals surface area contributed by atoms with Crippen molar-refractivity contribution >= 4 is 15.9 Å². The van der Waals surface area contributed by atoms with E-state index >= 15 is 0 Å². The SMILES string of the molecule is Cc1cc(C)cc(C(=O)N2CCCC(N(CCCN3CCCC3)S(C)(=O)=O)C2)c1. The molecule has 2 heterocycles. The minimum atomic E-state index is -3.31. The first-order valence-corrected chi connectivity index (χ1v) is 12.7. The molecule has 2 aliphatic heterocycles. The highest BCUT2D eigenvalue weighted by atomic mass is 32.2. The van der Waals surface area contributed by atoms with E-state index < -0.39 is 10.0 Å². The van der Waals surface area contributed by atoms with Crippen molar-refractivity contribution in [2.75, 3.05) is 45.5 Å². The molecule has 3 rings (SSSR count). The Morgan fingerprint density at radius 1 is 1.07 bits per heavy atom. The standard InChI is InChI=1S/C22H35N3O3S/c1-18-14-19(2)16-20(15-18)22(26)24-12-6-8-21(17-24)25(29(3,27)28)13-7-11-23-9-4-5-10-23/h14-16,21H,4-13,17H2,1-3H3. The van der Waals surface area contributed by atoms with Crippen LogP contribution < -0.4 is 0 Å². The van der Waals surface area contributed by atoms with Gasteiger partial charge in [-0.05, 0) is 77.7 Å². The van der Waals surface area contributed by atoms with Crippen LogP contribution in [0.3, 0.4) is 0 Å². The molecule has 2 fully saturated rings. The van der Waals surface area contributed by atoms with Gasteiger partial charge in [0.2, 0.25) is 10.0 Å². The van der Waals surface area contributed by atoms with Crippen molar-refractivity contribution in [3.05, 3.63) is 34.9 Å². The molecular formula is C22H35N3O3S. The van der Waals surface area contributed by atoms with E-state index in [1.165, 1.54) is 19.1 Å². The van der Waals surface area contributed by atoms with Gasteiger partial charge in [-0.15, -0.1) is 0 Å². The first-order valence-electron chi connectivity index (χ1n) is 10.8. The summed E-state index contributed by atoms with van der Waals surface area (Å²) in [6.07, 6.45) is 6.27. The first kappa shape index (κ1) is 22.2. The molecule has 1 aromatic rings. The smallest absolute Gasteiger partial charge is 0.253 e. The number of nitrogens with zero attached hydrogens (tertiary/aromatic N) is 3. The number of amides is 1. The lowest BCUT2D eigenvalue weighted by molar-refractivity contribution is 0.0652. The quantitative estimate of drug-likeness (QED) is 0.679. The van der Waals surface area contributed by atoms with Crippen LogP contribution in [0.25, 0.3) is 0 Å². The lowest BCUT2D eigenvalue weighted by Gasteiger charge is -2.38. The number of hydrogen-bond acceptors (Lipinski definition) is 4. The zero-order valence-electron chi connectivity index (χ0n) is 18.1.